The van der Waals surface area contributed by atoms with Crippen molar-refractivity contribution >= 4 is 23.4 Å². The lowest BCUT2D eigenvalue weighted by molar-refractivity contribution is 0.355. The summed E-state index contributed by atoms with van der Waals surface area (Å²) in [5.41, 5.74) is 3.90. The van der Waals surface area contributed by atoms with Crippen molar-refractivity contribution in [3.8, 4) is 0 Å². The molecule has 0 aliphatic heterocycles. The van der Waals surface area contributed by atoms with Crippen LogP contribution in [0.25, 0.3) is 0 Å². The molecule has 2 aromatic rings. The Hall–Kier alpha value is -1.85. The first-order valence-corrected chi connectivity index (χ1v) is 11.8. The number of nitrogens with one attached hydrogen (secondary N) is 2. The Balaban J connectivity index is 1.27. The average Bonchev–Trinajstić information content (AvgIpc) is 2.74. The van der Waals surface area contributed by atoms with E-state index in [0.29, 0.717) is 12.1 Å². The Morgan fingerprint density at radius 1 is 1.03 bits per heavy atom. The first-order chi connectivity index (χ1) is 14.6. The van der Waals surface area contributed by atoms with E-state index < -0.39 is 0 Å². The molecule has 0 amide bonds. The van der Waals surface area contributed by atoms with Crippen LogP contribution in [0.2, 0.25) is 5.02 Å². The Morgan fingerprint density at radius 2 is 1.80 bits per heavy atom. The summed E-state index contributed by atoms with van der Waals surface area (Å²) in [6.07, 6.45) is 10.4. The van der Waals surface area contributed by atoms with Crippen molar-refractivity contribution in [2.75, 3.05) is 30.9 Å². The number of hydrogen-bond donors (Lipinski definition) is 2. The number of nitrogens with zero attached hydrogens (tertiary/aromatic N) is 3. The fourth-order valence-corrected chi connectivity index (χ4v) is 4.96. The van der Waals surface area contributed by atoms with Crippen LogP contribution in [0.15, 0.2) is 24.3 Å². The van der Waals surface area contributed by atoms with Gasteiger partial charge in [0.15, 0.2) is 0 Å². The van der Waals surface area contributed by atoms with E-state index in [-0.39, 0.29) is 0 Å². The Bertz CT molecular complexity index is 845. The molecule has 162 valence electrons. The Kier molecular flexibility index (Phi) is 7.11. The van der Waals surface area contributed by atoms with Crippen molar-refractivity contribution < 1.29 is 0 Å². The van der Waals surface area contributed by atoms with Crippen LogP contribution in [-0.4, -0.2) is 42.7 Å². The van der Waals surface area contributed by atoms with Crippen LogP contribution in [0, 0.1) is 0 Å². The van der Waals surface area contributed by atoms with Gasteiger partial charge in [-0.25, -0.2) is 4.98 Å². The second-order valence-corrected chi connectivity index (χ2v) is 9.36. The van der Waals surface area contributed by atoms with Gasteiger partial charge in [0, 0.05) is 36.8 Å². The number of benzene rings is 1. The zero-order valence-electron chi connectivity index (χ0n) is 18.3. The fraction of sp³-hybridized carbons (Fsp3) is 0.583. The molecule has 1 saturated carbocycles. The molecule has 0 spiro atoms. The summed E-state index contributed by atoms with van der Waals surface area (Å²) in [7, 11) is 4.17. The number of halogens is 1. The van der Waals surface area contributed by atoms with Gasteiger partial charge in [0.2, 0.25) is 5.95 Å². The van der Waals surface area contributed by atoms with Crippen molar-refractivity contribution in [3.63, 3.8) is 0 Å². The van der Waals surface area contributed by atoms with Crippen LogP contribution in [-0.2, 0) is 19.3 Å². The first-order valence-electron chi connectivity index (χ1n) is 11.4. The molecule has 30 heavy (non-hydrogen) atoms. The minimum atomic E-state index is 0.465. The largest absolute Gasteiger partial charge is 0.362 e. The van der Waals surface area contributed by atoms with Crippen LogP contribution in [0.1, 0.15) is 55.3 Å². The van der Waals surface area contributed by atoms with E-state index in [1.807, 2.05) is 12.1 Å². The predicted octanol–water partition coefficient (Wildman–Crippen LogP) is 4.63. The quantitative estimate of drug-likeness (QED) is 0.674. The van der Waals surface area contributed by atoms with E-state index >= 15 is 0 Å². The van der Waals surface area contributed by atoms with Crippen molar-refractivity contribution in [2.45, 2.75) is 69.9 Å². The highest BCUT2D eigenvalue weighted by Gasteiger charge is 2.23. The van der Waals surface area contributed by atoms with Crippen LogP contribution in [0.3, 0.4) is 0 Å². The van der Waals surface area contributed by atoms with Crippen LogP contribution in [0.5, 0.6) is 0 Å². The number of rotatable bonds is 7. The van der Waals surface area contributed by atoms with E-state index in [1.165, 1.54) is 42.5 Å². The fourth-order valence-electron chi connectivity index (χ4n) is 4.75. The predicted molar refractivity (Wildman–Crippen MR) is 126 cm³/mol. The maximum atomic E-state index is 6.08. The second kappa shape index (κ2) is 9.97. The zero-order chi connectivity index (χ0) is 20.9. The minimum absolute atomic E-state index is 0.465. The van der Waals surface area contributed by atoms with Crippen molar-refractivity contribution in [1.29, 1.82) is 0 Å². The van der Waals surface area contributed by atoms with Crippen molar-refractivity contribution in [2.24, 2.45) is 0 Å². The standard InChI is InChI=1S/C24H34ClN5/c1-30(2)23-21-8-3-4-9-22(21)28-24(29-23)27-20-12-10-19(11-13-20)26-15-14-17-6-5-7-18(25)16-17/h5-7,16,19-20,26H,3-4,8-15H2,1-2H3,(H,27,28,29). The van der Waals surface area contributed by atoms with Gasteiger partial charge in [-0.05, 0) is 82.0 Å². The third-order valence-electron chi connectivity index (χ3n) is 6.38. The number of aromatic nitrogens is 2. The van der Waals surface area contributed by atoms with E-state index in [0.717, 1.165) is 55.4 Å². The summed E-state index contributed by atoms with van der Waals surface area (Å²) in [6.45, 7) is 1.00. The summed E-state index contributed by atoms with van der Waals surface area (Å²) in [5, 5.41) is 8.19. The molecule has 2 N–H and O–H groups in total. The maximum Gasteiger partial charge on any atom is 0.225 e. The molecule has 1 fully saturated rings. The summed E-state index contributed by atoms with van der Waals surface area (Å²) in [4.78, 5) is 11.9. The molecule has 5 nitrogen and oxygen atoms in total. The van der Waals surface area contributed by atoms with Gasteiger partial charge in [-0.3, -0.25) is 0 Å². The molecule has 1 heterocycles. The molecule has 0 atom stereocenters. The average molecular weight is 428 g/mol. The van der Waals surface area contributed by atoms with Crippen molar-refractivity contribution in [3.05, 3.63) is 46.1 Å². The smallest absolute Gasteiger partial charge is 0.225 e. The molecule has 4 rings (SSSR count). The van der Waals surface area contributed by atoms with Gasteiger partial charge in [0.05, 0.1) is 5.69 Å². The van der Waals surface area contributed by atoms with Gasteiger partial charge in [0.1, 0.15) is 5.82 Å². The van der Waals surface area contributed by atoms with Gasteiger partial charge < -0.3 is 15.5 Å². The normalized spacial score (nSPS) is 21.2. The Morgan fingerprint density at radius 3 is 2.57 bits per heavy atom. The molecule has 1 aromatic carbocycles. The SMILES string of the molecule is CN(C)c1nc(NC2CCC(NCCc3cccc(Cl)c3)CC2)nc2c1CCCC2. The lowest BCUT2D eigenvalue weighted by Gasteiger charge is -2.30. The third kappa shape index (κ3) is 5.44. The number of aryl methyl sites for hydroxylation is 1. The van der Waals surface area contributed by atoms with Crippen LogP contribution >= 0.6 is 11.6 Å². The molecule has 6 heteroatoms. The van der Waals surface area contributed by atoms with Crippen LogP contribution < -0.4 is 15.5 Å². The summed E-state index contributed by atoms with van der Waals surface area (Å²) >= 11 is 6.08. The second-order valence-electron chi connectivity index (χ2n) is 8.92. The molecule has 2 aliphatic rings. The summed E-state index contributed by atoms with van der Waals surface area (Å²) in [5.74, 6) is 1.91. The molecule has 0 unspecified atom stereocenters. The van der Waals surface area contributed by atoms with E-state index in [4.69, 9.17) is 21.6 Å². The highest BCUT2D eigenvalue weighted by Crippen LogP contribution is 2.29. The molecule has 2 aliphatic carbocycles. The molecular formula is C24H34ClN5. The van der Waals surface area contributed by atoms with Gasteiger partial charge in [-0.2, -0.15) is 4.98 Å². The molecule has 0 saturated heterocycles. The molecule has 0 radical (unpaired) electrons. The first kappa shape index (κ1) is 21.4. The van der Waals surface area contributed by atoms with Gasteiger partial charge in [-0.1, -0.05) is 23.7 Å². The molecule has 0 bridgehead atoms. The van der Waals surface area contributed by atoms with E-state index in [1.54, 1.807) is 0 Å². The van der Waals surface area contributed by atoms with E-state index in [9.17, 15) is 0 Å². The monoisotopic (exact) mass is 427 g/mol. The topological polar surface area (TPSA) is 53.1 Å². The number of hydrogen-bond acceptors (Lipinski definition) is 5. The summed E-state index contributed by atoms with van der Waals surface area (Å²) < 4.78 is 0. The van der Waals surface area contributed by atoms with E-state index in [2.05, 4.69) is 41.8 Å². The number of anilines is 2. The third-order valence-corrected chi connectivity index (χ3v) is 6.62. The van der Waals surface area contributed by atoms with Crippen molar-refractivity contribution in [1.82, 2.24) is 15.3 Å². The lowest BCUT2D eigenvalue weighted by atomic mass is 9.91. The zero-order valence-corrected chi connectivity index (χ0v) is 19.0. The Labute approximate surface area is 185 Å². The number of fused-ring (bicyclic) bond motifs is 1. The molecule has 1 aromatic heterocycles. The van der Waals surface area contributed by atoms with Gasteiger partial charge in [-0.15, -0.1) is 0 Å². The summed E-state index contributed by atoms with van der Waals surface area (Å²) in [6, 6.07) is 9.23. The van der Waals surface area contributed by atoms with Gasteiger partial charge >= 0.3 is 0 Å². The lowest BCUT2D eigenvalue weighted by Crippen LogP contribution is -2.38. The van der Waals surface area contributed by atoms with Crippen LogP contribution in [0.4, 0.5) is 11.8 Å². The minimum Gasteiger partial charge on any atom is -0.362 e. The molecular weight excluding hydrogens is 394 g/mol. The maximum absolute atomic E-state index is 6.08. The highest BCUT2D eigenvalue weighted by atomic mass is 35.5. The highest BCUT2D eigenvalue weighted by molar-refractivity contribution is 6.30. The van der Waals surface area contributed by atoms with Gasteiger partial charge in [0.25, 0.3) is 0 Å².